The number of aromatic nitrogens is 2. The molecule has 2 aromatic carbocycles. The lowest BCUT2D eigenvalue weighted by atomic mass is 9.82. The van der Waals surface area contributed by atoms with E-state index in [1.807, 2.05) is 30.3 Å². The lowest BCUT2D eigenvalue weighted by molar-refractivity contribution is -0.143. The average molecular weight is 590 g/mol. The number of carboxylic acid groups (broad SMARTS) is 1. The summed E-state index contributed by atoms with van der Waals surface area (Å²) < 4.78 is 44.5. The van der Waals surface area contributed by atoms with Crippen LogP contribution in [0.15, 0.2) is 59.3 Å². The van der Waals surface area contributed by atoms with E-state index >= 15 is 0 Å². The fourth-order valence-electron chi connectivity index (χ4n) is 5.44. The molecule has 0 aliphatic heterocycles. The largest absolute Gasteiger partial charge is 0.481 e. The van der Waals surface area contributed by atoms with E-state index in [4.69, 9.17) is 0 Å². The number of carbonyl (C=O) groups is 1. The molecule has 1 atom stereocenters. The quantitative estimate of drug-likeness (QED) is 0.214. The zero-order valence-corrected chi connectivity index (χ0v) is 22.0. The van der Waals surface area contributed by atoms with E-state index in [1.54, 1.807) is 23.0 Å². The van der Waals surface area contributed by atoms with Gasteiger partial charge in [0.2, 0.25) is 0 Å². The summed E-state index contributed by atoms with van der Waals surface area (Å²) in [5, 5.41) is 25.8. The number of aliphatic carboxylic acids is 1. The van der Waals surface area contributed by atoms with E-state index in [2.05, 4.69) is 26.2 Å². The maximum Gasteiger partial charge on any atom is 0.417 e. The van der Waals surface area contributed by atoms with Crippen LogP contribution in [0, 0.1) is 11.8 Å². The summed E-state index contributed by atoms with van der Waals surface area (Å²) in [6.07, 6.45) is -0.519. The molecule has 1 fully saturated rings. The van der Waals surface area contributed by atoms with Crippen molar-refractivity contribution in [3.05, 3.63) is 76.2 Å². The minimum atomic E-state index is -4.71. The Labute approximate surface area is 225 Å². The van der Waals surface area contributed by atoms with Gasteiger partial charge < -0.3 is 14.8 Å². The molecule has 3 N–H and O–H groups in total. The maximum atomic E-state index is 14.3. The summed E-state index contributed by atoms with van der Waals surface area (Å²) in [6, 6.07) is 12.8. The first-order valence-corrected chi connectivity index (χ1v) is 13.3. The van der Waals surface area contributed by atoms with Crippen LogP contribution in [0.2, 0.25) is 0 Å². The Kier molecular flexibility index (Phi) is 7.48. The number of fused-ring (bicyclic) bond motifs is 2. The van der Waals surface area contributed by atoms with E-state index in [0.717, 1.165) is 10.8 Å². The fourth-order valence-corrected chi connectivity index (χ4v) is 6.13. The van der Waals surface area contributed by atoms with Crippen LogP contribution >= 0.6 is 15.9 Å². The van der Waals surface area contributed by atoms with Crippen LogP contribution in [0.4, 0.5) is 13.2 Å². The van der Waals surface area contributed by atoms with E-state index in [1.165, 1.54) is 6.07 Å². The van der Waals surface area contributed by atoms with Crippen LogP contribution in [-0.4, -0.2) is 32.3 Å². The molecule has 0 spiro atoms. The van der Waals surface area contributed by atoms with Crippen molar-refractivity contribution in [1.82, 2.24) is 14.9 Å². The summed E-state index contributed by atoms with van der Waals surface area (Å²) in [5.74, 6) is -1.13. The molecule has 1 saturated carbocycles. The zero-order valence-electron chi connectivity index (χ0n) is 20.4. The van der Waals surface area contributed by atoms with Gasteiger partial charge in [-0.25, -0.2) is 0 Å². The van der Waals surface area contributed by atoms with Gasteiger partial charge in [0.1, 0.15) is 6.23 Å². The summed E-state index contributed by atoms with van der Waals surface area (Å²) in [4.78, 5) is 15.7. The molecule has 6 nitrogen and oxygen atoms in total. The first kappa shape index (κ1) is 26.6. The van der Waals surface area contributed by atoms with Crippen molar-refractivity contribution in [3.8, 4) is 0 Å². The van der Waals surface area contributed by atoms with Gasteiger partial charge in [-0.3, -0.25) is 15.1 Å². The molecule has 0 saturated heterocycles. The number of hydrogen-bond donors (Lipinski definition) is 3. The number of rotatable bonds is 7. The average Bonchev–Trinajstić information content (AvgIpc) is 3.27. The fraction of sp³-hybridized carbons (Fsp3) is 0.357. The van der Waals surface area contributed by atoms with Crippen LogP contribution in [0.3, 0.4) is 0 Å². The Morgan fingerprint density at radius 2 is 1.82 bits per heavy atom. The molecular weight excluding hydrogens is 563 g/mol. The molecule has 200 valence electrons. The molecule has 0 amide bonds. The van der Waals surface area contributed by atoms with Gasteiger partial charge in [-0.2, -0.15) is 13.2 Å². The minimum absolute atomic E-state index is 0.0748. The van der Waals surface area contributed by atoms with Gasteiger partial charge >= 0.3 is 12.1 Å². The van der Waals surface area contributed by atoms with Crippen LogP contribution in [0.25, 0.3) is 21.7 Å². The summed E-state index contributed by atoms with van der Waals surface area (Å²) in [5.41, 5.74) is -0.204. The number of carboxylic acids is 1. The Hall–Kier alpha value is -2.95. The second-order valence-electron chi connectivity index (χ2n) is 9.92. The second-order valence-corrected chi connectivity index (χ2v) is 10.8. The van der Waals surface area contributed by atoms with Gasteiger partial charge in [0.05, 0.1) is 29.2 Å². The maximum absolute atomic E-state index is 14.3. The smallest absolute Gasteiger partial charge is 0.417 e. The number of hydrogen-bond acceptors (Lipinski definition) is 4. The molecule has 4 aromatic rings. The van der Waals surface area contributed by atoms with Crippen molar-refractivity contribution < 1.29 is 28.2 Å². The molecule has 5 rings (SSSR count). The van der Waals surface area contributed by atoms with Gasteiger partial charge in [-0.15, -0.1) is 0 Å². The Morgan fingerprint density at radius 1 is 1.11 bits per heavy atom. The van der Waals surface area contributed by atoms with E-state index in [0.29, 0.717) is 36.8 Å². The number of pyridine rings is 1. The summed E-state index contributed by atoms with van der Waals surface area (Å²) in [7, 11) is 0. The highest BCUT2D eigenvalue weighted by molar-refractivity contribution is 9.10. The lowest BCUT2D eigenvalue weighted by Crippen LogP contribution is -2.32. The van der Waals surface area contributed by atoms with Gasteiger partial charge in [-0.05, 0) is 55.2 Å². The molecule has 1 aliphatic carbocycles. The highest BCUT2D eigenvalue weighted by Gasteiger charge is 2.39. The third-order valence-corrected chi connectivity index (χ3v) is 8.04. The highest BCUT2D eigenvalue weighted by Crippen LogP contribution is 2.43. The predicted octanol–water partition coefficient (Wildman–Crippen LogP) is 6.49. The third kappa shape index (κ3) is 5.43. The molecule has 2 heterocycles. The van der Waals surface area contributed by atoms with Crippen molar-refractivity contribution in [1.29, 1.82) is 0 Å². The third-order valence-electron chi connectivity index (χ3n) is 7.41. The SMILES string of the molecule is O=C(O)C1CCC(CNC(O)c2c(C(F)(F)F)c(Br)cc3ccn(Cc4cc5ccccc5cn4)c23)CC1. The van der Waals surface area contributed by atoms with Crippen LogP contribution in [0.1, 0.15) is 48.7 Å². The lowest BCUT2D eigenvalue weighted by Gasteiger charge is -2.28. The zero-order chi connectivity index (χ0) is 27.0. The van der Waals surface area contributed by atoms with Crippen LogP contribution < -0.4 is 5.32 Å². The van der Waals surface area contributed by atoms with Crippen molar-refractivity contribution in [2.75, 3.05) is 6.54 Å². The minimum Gasteiger partial charge on any atom is -0.481 e. The monoisotopic (exact) mass is 589 g/mol. The molecule has 1 unspecified atom stereocenters. The standard InChI is InChI=1S/C28H27BrF3N3O3/c29-22-12-19-9-10-35(15-21-11-18-3-1-2-4-20(18)14-33-21)25(19)23(24(22)28(30,31)32)26(36)34-13-16-5-7-17(8-6-16)27(37)38/h1-4,9-12,14,16-17,26,34,36H,5-8,13,15H2,(H,37,38). The van der Waals surface area contributed by atoms with Gasteiger partial charge in [0.15, 0.2) is 0 Å². The molecule has 0 bridgehead atoms. The van der Waals surface area contributed by atoms with Crippen molar-refractivity contribution in [2.24, 2.45) is 11.8 Å². The number of aliphatic hydroxyl groups excluding tert-OH is 1. The highest BCUT2D eigenvalue weighted by atomic mass is 79.9. The van der Waals surface area contributed by atoms with E-state index in [9.17, 15) is 28.2 Å². The summed E-state index contributed by atoms with van der Waals surface area (Å²) in [6.45, 7) is 0.512. The van der Waals surface area contributed by atoms with E-state index < -0.39 is 23.9 Å². The van der Waals surface area contributed by atoms with Gasteiger partial charge in [-0.1, -0.05) is 40.2 Å². The molecule has 1 aliphatic rings. The number of nitrogens with one attached hydrogen (secondary N) is 1. The topological polar surface area (TPSA) is 87.4 Å². The molecule has 38 heavy (non-hydrogen) atoms. The first-order chi connectivity index (χ1) is 18.1. The molecular formula is C28H27BrF3N3O3. The number of halogens is 4. The van der Waals surface area contributed by atoms with Gasteiger partial charge in [0, 0.05) is 39.7 Å². The van der Waals surface area contributed by atoms with E-state index in [-0.39, 0.29) is 40.5 Å². The van der Waals surface area contributed by atoms with Crippen molar-refractivity contribution in [2.45, 2.75) is 44.6 Å². The Balaban J connectivity index is 1.48. The molecule has 10 heteroatoms. The number of aliphatic hydroxyl groups is 1. The van der Waals surface area contributed by atoms with Gasteiger partial charge in [0.25, 0.3) is 0 Å². The van der Waals surface area contributed by atoms with Crippen LogP contribution in [-0.2, 0) is 17.5 Å². The number of nitrogens with zero attached hydrogens (tertiary/aromatic N) is 2. The van der Waals surface area contributed by atoms with Crippen molar-refractivity contribution in [3.63, 3.8) is 0 Å². The number of benzene rings is 2. The second kappa shape index (κ2) is 10.7. The molecule has 2 aromatic heterocycles. The first-order valence-electron chi connectivity index (χ1n) is 12.5. The molecule has 0 radical (unpaired) electrons. The Bertz CT molecular complexity index is 1480. The Morgan fingerprint density at radius 3 is 2.50 bits per heavy atom. The predicted molar refractivity (Wildman–Crippen MR) is 142 cm³/mol. The normalized spacial score (nSPS) is 19.2. The van der Waals surface area contributed by atoms with Crippen LogP contribution in [0.5, 0.6) is 0 Å². The van der Waals surface area contributed by atoms with Crippen molar-refractivity contribution >= 4 is 43.6 Å². The summed E-state index contributed by atoms with van der Waals surface area (Å²) >= 11 is 3.09. The number of alkyl halides is 3.